The van der Waals surface area contributed by atoms with Gasteiger partial charge in [-0.15, -0.1) is 20.4 Å². The normalized spacial score (nSPS) is 11.5. The first-order valence-electron chi connectivity index (χ1n) is 8.63. The maximum Gasteiger partial charge on any atom is 0.416 e. The van der Waals surface area contributed by atoms with Crippen LogP contribution in [0.4, 0.5) is 22.0 Å². The van der Waals surface area contributed by atoms with Crippen LogP contribution in [0.15, 0.2) is 66.7 Å². The molecule has 1 aromatic heterocycles. The SMILES string of the molecule is Fc1cccc(F)c1-c1nnc(-c2cccc(-c3cccc(C(F)(F)F)c3)c2)nn1. The maximum absolute atomic E-state index is 13.9. The van der Waals surface area contributed by atoms with E-state index in [1.807, 2.05) is 0 Å². The summed E-state index contributed by atoms with van der Waals surface area (Å²) in [6.07, 6.45) is -4.46. The summed E-state index contributed by atoms with van der Waals surface area (Å²) in [7, 11) is 0. The summed E-state index contributed by atoms with van der Waals surface area (Å²) < 4.78 is 66.6. The summed E-state index contributed by atoms with van der Waals surface area (Å²) in [5.41, 5.74) is 0.0950. The predicted octanol–water partition coefficient (Wildman–Crippen LogP) is 5.56. The number of benzene rings is 3. The highest BCUT2D eigenvalue weighted by molar-refractivity contribution is 5.70. The Kier molecular flexibility index (Phi) is 4.94. The van der Waals surface area contributed by atoms with Crippen molar-refractivity contribution in [1.29, 1.82) is 0 Å². The van der Waals surface area contributed by atoms with E-state index in [1.54, 1.807) is 30.3 Å². The van der Waals surface area contributed by atoms with E-state index in [2.05, 4.69) is 20.4 Å². The number of alkyl halides is 3. The molecule has 1 heterocycles. The molecule has 3 aromatic carbocycles. The van der Waals surface area contributed by atoms with Crippen molar-refractivity contribution in [3.8, 4) is 33.9 Å². The van der Waals surface area contributed by atoms with Crippen molar-refractivity contribution in [2.75, 3.05) is 0 Å². The summed E-state index contributed by atoms with van der Waals surface area (Å²) in [5, 5.41) is 15.2. The Morgan fingerprint density at radius 2 is 1.07 bits per heavy atom. The summed E-state index contributed by atoms with van der Waals surface area (Å²) in [5.74, 6) is -1.96. The van der Waals surface area contributed by atoms with Crippen LogP contribution < -0.4 is 0 Å². The fourth-order valence-corrected chi connectivity index (χ4v) is 2.87. The lowest BCUT2D eigenvalue weighted by Gasteiger charge is -2.09. The van der Waals surface area contributed by atoms with E-state index in [4.69, 9.17) is 0 Å². The molecule has 150 valence electrons. The van der Waals surface area contributed by atoms with Crippen molar-refractivity contribution >= 4 is 0 Å². The van der Waals surface area contributed by atoms with Crippen LogP contribution in [0, 0.1) is 11.6 Å². The minimum atomic E-state index is -4.46. The lowest BCUT2D eigenvalue weighted by Crippen LogP contribution is -2.04. The number of hydrogen-bond donors (Lipinski definition) is 0. The lowest BCUT2D eigenvalue weighted by atomic mass is 10.0. The highest BCUT2D eigenvalue weighted by Gasteiger charge is 2.30. The molecule has 0 aliphatic rings. The highest BCUT2D eigenvalue weighted by atomic mass is 19.4. The van der Waals surface area contributed by atoms with Crippen molar-refractivity contribution in [1.82, 2.24) is 20.4 Å². The van der Waals surface area contributed by atoms with Crippen molar-refractivity contribution < 1.29 is 22.0 Å². The fourth-order valence-electron chi connectivity index (χ4n) is 2.87. The van der Waals surface area contributed by atoms with Gasteiger partial charge in [0.25, 0.3) is 0 Å². The molecule has 0 fully saturated rings. The Bertz CT molecular complexity index is 1190. The quantitative estimate of drug-likeness (QED) is 0.412. The molecule has 0 saturated carbocycles. The average Bonchev–Trinajstić information content (AvgIpc) is 2.74. The van der Waals surface area contributed by atoms with Gasteiger partial charge in [-0.05, 0) is 41.5 Å². The molecule has 9 heteroatoms. The smallest absolute Gasteiger partial charge is 0.206 e. The van der Waals surface area contributed by atoms with E-state index in [-0.39, 0.29) is 11.6 Å². The van der Waals surface area contributed by atoms with Crippen LogP contribution in [0.1, 0.15) is 5.56 Å². The second-order valence-electron chi connectivity index (χ2n) is 6.30. The van der Waals surface area contributed by atoms with Crippen LogP contribution >= 0.6 is 0 Å². The van der Waals surface area contributed by atoms with Crippen molar-refractivity contribution in [2.45, 2.75) is 6.18 Å². The zero-order valence-corrected chi connectivity index (χ0v) is 15.0. The van der Waals surface area contributed by atoms with Crippen LogP contribution in [-0.2, 0) is 6.18 Å². The van der Waals surface area contributed by atoms with Gasteiger partial charge < -0.3 is 0 Å². The van der Waals surface area contributed by atoms with E-state index in [0.717, 1.165) is 24.3 Å². The van der Waals surface area contributed by atoms with Crippen LogP contribution in [0.3, 0.4) is 0 Å². The minimum Gasteiger partial charge on any atom is -0.206 e. The van der Waals surface area contributed by atoms with Crippen molar-refractivity contribution in [2.24, 2.45) is 0 Å². The minimum absolute atomic E-state index is 0.0596. The molecule has 4 nitrogen and oxygen atoms in total. The van der Waals surface area contributed by atoms with Gasteiger partial charge in [-0.1, -0.05) is 36.4 Å². The highest BCUT2D eigenvalue weighted by Crippen LogP contribution is 2.33. The van der Waals surface area contributed by atoms with Gasteiger partial charge in [0.15, 0.2) is 0 Å². The first kappa shape index (κ1) is 19.6. The Labute approximate surface area is 167 Å². The molecule has 0 atom stereocenters. The Hall–Kier alpha value is -3.75. The number of halogens is 5. The topological polar surface area (TPSA) is 51.6 Å². The van der Waals surface area contributed by atoms with Gasteiger partial charge in [0, 0.05) is 5.56 Å². The molecule has 0 aliphatic carbocycles. The van der Waals surface area contributed by atoms with E-state index < -0.39 is 28.9 Å². The summed E-state index contributed by atoms with van der Waals surface area (Å²) in [6, 6.07) is 14.7. The van der Waals surface area contributed by atoms with Crippen LogP contribution in [0.25, 0.3) is 33.9 Å². The van der Waals surface area contributed by atoms with Gasteiger partial charge >= 0.3 is 6.18 Å². The fraction of sp³-hybridized carbons (Fsp3) is 0.0476. The zero-order chi connectivity index (χ0) is 21.3. The van der Waals surface area contributed by atoms with Crippen molar-refractivity contribution in [3.05, 3.63) is 83.9 Å². The first-order chi connectivity index (χ1) is 14.3. The van der Waals surface area contributed by atoms with Gasteiger partial charge in [0.2, 0.25) is 11.6 Å². The number of nitrogens with zero attached hydrogens (tertiary/aromatic N) is 4. The van der Waals surface area contributed by atoms with Crippen LogP contribution in [0.5, 0.6) is 0 Å². The van der Waals surface area contributed by atoms with E-state index in [0.29, 0.717) is 16.7 Å². The third-order valence-electron chi connectivity index (χ3n) is 4.31. The molecule has 0 unspecified atom stereocenters. The second kappa shape index (κ2) is 7.58. The standard InChI is InChI=1S/C21H11F5N4/c22-16-8-3-9-17(23)18(16)20-29-27-19(28-30-20)14-6-1-4-12(10-14)13-5-2-7-15(11-13)21(24,25)26/h1-11H. The predicted molar refractivity (Wildman–Crippen MR) is 98.8 cm³/mol. The molecule has 0 aliphatic heterocycles. The van der Waals surface area contributed by atoms with Crippen molar-refractivity contribution in [3.63, 3.8) is 0 Å². The molecule has 0 radical (unpaired) electrons. The third-order valence-corrected chi connectivity index (χ3v) is 4.31. The first-order valence-corrected chi connectivity index (χ1v) is 8.63. The van der Waals surface area contributed by atoms with E-state index in [1.165, 1.54) is 12.1 Å². The maximum atomic E-state index is 13.9. The third kappa shape index (κ3) is 3.86. The summed E-state index contributed by atoms with van der Waals surface area (Å²) in [4.78, 5) is 0. The number of rotatable bonds is 3. The van der Waals surface area contributed by atoms with E-state index in [9.17, 15) is 22.0 Å². The van der Waals surface area contributed by atoms with Gasteiger partial charge in [-0.2, -0.15) is 13.2 Å². The molecule has 4 rings (SSSR count). The average molecular weight is 414 g/mol. The Balaban J connectivity index is 1.68. The molecule has 0 bridgehead atoms. The van der Waals surface area contributed by atoms with Crippen LogP contribution in [0.2, 0.25) is 0 Å². The van der Waals surface area contributed by atoms with Crippen LogP contribution in [-0.4, -0.2) is 20.4 Å². The molecule has 0 N–H and O–H groups in total. The largest absolute Gasteiger partial charge is 0.416 e. The van der Waals surface area contributed by atoms with E-state index >= 15 is 0 Å². The molecule has 4 aromatic rings. The second-order valence-corrected chi connectivity index (χ2v) is 6.30. The molecular formula is C21H11F5N4. The van der Waals surface area contributed by atoms with Gasteiger partial charge in [0.1, 0.15) is 11.6 Å². The Morgan fingerprint density at radius 1 is 0.567 bits per heavy atom. The Morgan fingerprint density at radius 3 is 1.70 bits per heavy atom. The zero-order valence-electron chi connectivity index (χ0n) is 15.0. The summed E-state index contributed by atoms with van der Waals surface area (Å²) >= 11 is 0. The molecule has 0 spiro atoms. The summed E-state index contributed by atoms with van der Waals surface area (Å²) in [6.45, 7) is 0. The van der Waals surface area contributed by atoms with Gasteiger partial charge in [0.05, 0.1) is 11.1 Å². The monoisotopic (exact) mass is 414 g/mol. The lowest BCUT2D eigenvalue weighted by molar-refractivity contribution is -0.137. The molecule has 0 saturated heterocycles. The molecular weight excluding hydrogens is 403 g/mol. The number of aromatic nitrogens is 4. The number of hydrogen-bond acceptors (Lipinski definition) is 4. The van der Waals surface area contributed by atoms with Gasteiger partial charge in [-0.25, -0.2) is 8.78 Å². The van der Waals surface area contributed by atoms with Gasteiger partial charge in [-0.3, -0.25) is 0 Å². The molecule has 0 amide bonds. The molecule has 30 heavy (non-hydrogen) atoms.